The first kappa shape index (κ1) is 14.7. The maximum Gasteiger partial charge on any atom is 0.246 e. The number of benzene rings is 1. The number of amides is 1. The molecule has 5 heteroatoms. The van der Waals surface area contributed by atoms with Gasteiger partial charge in [0.05, 0.1) is 6.04 Å². The van der Waals surface area contributed by atoms with Gasteiger partial charge in [-0.3, -0.25) is 4.79 Å². The van der Waals surface area contributed by atoms with Gasteiger partial charge < -0.3 is 20.5 Å². The molecule has 0 aromatic heterocycles. The van der Waals surface area contributed by atoms with Crippen LogP contribution in [0.3, 0.4) is 0 Å². The maximum atomic E-state index is 12.0. The summed E-state index contributed by atoms with van der Waals surface area (Å²) in [5.41, 5.74) is 6.52. The SMILES string of the molecule is CC(C)C[C@@H](N)C(=O)Nc1ccc2c(c1)OC(C)(C)O2. The van der Waals surface area contributed by atoms with Crippen molar-refractivity contribution in [1.82, 2.24) is 0 Å². The van der Waals surface area contributed by atoms with Gasteiger partial charge in [-0.1, -0.05) is 13.8 Å². The van der Waals surface area contributed by atoms with Crippen molar-refractivity contribution in [1.29, 1.82) is 0 Å². The summed E-state index contributed by atoms with van der Waals surface area (Å²) < 4.78 is 11.2. The zero-order valence-electron chi connectivity index (χ0n) is 12.4. The lowest BCUT2D eigenvalue weighted by Gasteiger charge is -2.16. The Balaban J connectivity index is 2.04. The molecule has 110 valence electrons. The molecule has 0 spiro atoms. The molecule has 0 fully saturated rings. The van der Waals surface area contributed by atoms with Gasteiger partial charge in [0.1, 0.15) is 0 Å². The number of carbonyl (C=O) groups excluding carboxylic acids is 1. The molecule has 1 aliphatic heterocycles. The number of rotatable bonds is 4. The zero-order chi connectivity index (χ0) is 14.9. The van der Waals surface area contributed by atoms with Crippen LogP contribution in [0.5, 0.6) is 11.5 Å². The quantitative estimate of drug-likeness (QED) is 0.887. The monoisotopic (exact) mass is 278 g/mol. The van der Waals surface area contributed by atoms with E-state index >= 15 is 0 Å². The van der Waals surface area contributed by atoms with Crippen LogP contribution in [-0.2, 0) is 4.79 Å². The molecule has 0 saturated carbocycles. The van der Waals surface area contributed by atoms with Crippen molar-refractivity contribution >= 4 is 11.6 Å². The average Bonchev–Trinajstić information content (AvgIpc) is 2.61. The lowest BCUT2D eigenvalue weighted by Crippen LogP contribution is -2.36. The van der Waals surface area contributed by atoms with Crippen LogP contribution >= 0.6 is 0 Å². The molecule has 0 radical (unpaired) electrons. The van der Waals surface area contributed by atoms with Crippen LogP contribution in [0.15, 0.2) is 18.2 Å². The highest BCUT2D eigenvalue weighted by Crippen LogP contribution is 2.40. The van der Waals surface area contributed by atoms with E-state index in [2.05, 4.69) is 5.32 Å². The summed E-state index contributed by atoms with van der Waals surface area (Å²) >= 11 is 0. The zero-order valence-corrected chi connectivity index (χ0v) is 12.4. The van der Waals surface area contributed by atoms with Crippen molar-refractivity contribution in [2.45, 2.75) is 45.9 Å². The molecule has 3 N–H and O–H groups in total. The van der Waals surface area contributed by atoms with Gasteiger partial charge in [0.15, 0.2) is 11.5 Å². The molecule has 5 nitrogen and oxygen atoms in total. The van der Waals surface area contributed by atoms with Gasteiger partial charge >= 0.3 is 0 Å². The fourth-order valence-corrected chi connectivity index (χ4v) is 2.15. The molecule has 1 heterocycles. The topological polar surface area (TPSA) is 73.6 Å². The van der Waals surface area contributed by atoms with Crippen molar-refractivity contribution in [2.24, 2.45) is 11.7 Å². The second-order valence-corrected chi connectivity index (χ2v) is 5.99. The molecule has 0 saturated heterocycles. The molecule has 0 bridgehead atoms. The number of anilines is 1. The van der Waals surface area contributed by atoms with Gasteiger partial charge in [-0.25, -0.2) is 0 Å². The van der Waals surface area contributed by atoms with E-state index in [1.54, 1.807) is 18.2 Å². The number of hydrogen-bond donors (Lipinski definition) is 2. The van der Waals surface area contributed by atoms with Gasteiger partial charge in [-0.2, -0.15) is 0 Å². The Bertz CT molecular complexity index is 512. The number of fused-ring (bicyclic) bond motifs is 1. The van der Waals surface area contributed by atoms with E-state index in [4.69, 9.17) is 15.2 Å². The predicted octanol–water partition coefficient (Wildman–Crippen LogP) is 2.51. The molecule has 1 aromatic rings. The van der Waals surface area contributed by atoms with Crippen LogP contribution < -0.4 is 20.5 Å². The van der Waals surface area contributed by atoms with Crippen LogP contribution in [0.2, 0.25) is 0 Å². The summed E-state index contributed by atoms with van der Waals surface area (Å²) in [6.07, 6.45) is 0.656. The molecule has 20 heavy (non-hydrogen) atoms. The Kier molecular flexibility index (Phi) is 3.90. The van der Waals surface area contributed by atoms with E-state index in [-0.39, 0.29) is 5.91 Å². The van der Waals surface area contributed by atoms with Crippen molar-refractivity contribution < 1.29 is 14.3 Å². The van der Waals surface area contributed by atoms with Gasteiger partial charge in [0, 0.05) is 25.6 Å². The van der Waals surface area contributed by atoms with Crippen LogP contribution in [-0.4, -0.2) is 17.7 Å². The summed E-state index contributed by atoms with van der Waals surface area (Å²) in [6.45, 7) is 7.75. The number of carbonyl (C=O) groups is 1. The molecule has 1 atom stereocenters. The molecule has 0 aliphatic carbocycles. The second-order valence-electron chi connectivity index (χ2n) is 5.99. The van der Waals surface area contributed by atoms with Crippen LogP contribution in [0.1, 0.15) is 34.1 Å². The first-order chi connectivity index (χ1) is 9.27. The lowest BCUT2D eigenvalue weighted by molar-refractivity contribution is -0.117. The minimum atomic E-state index is -0.668. The normalized spacial score (nSPS) is 17.1. The fourth-order valence-electron chi connectivity index (χ4n) is 2.15. The Morgan fingerprint density at radius 1 is 1.30 bits per heavy atom. The summed E-state index contributed by atoms with van der Waals surface area (Å²) in [4.78, 5) is 12.0. The molecular weight excluding hydrogens is 256 g/mol. The third-order valence-electron chi connectivity index (χ3n) is 2.98. The van der Waals surface area contributed by atoms with E-state index in [1.165, 1.54) is 0 Å². The number of nitrogens with two attached hydrogens (primary N) is 1. The second kappa shape index (κ2) is 5.32. The molecule has 0 unspecified atom stereocenters. The first-order valence-electron chi connectivity index (χ1n) is 6.85. The Labute approximate surface area is 119 Å². The Hall–Kier alpha value is -1.75. The third kappa shape index (κ3) is 3.42. The van der Waals surface area contributed by atoms with Crippen molar-refractivity contribution in [3.05, 3.63) is 18.2 Å². The van der Waals surface area contributed by atoms with Gasteiger partial charge in [-0.15, -0.1) is 0 Å². The molecule has 2 rings (SSSR count). The third-order valence-corrected chi connectivity index (χ3v) is 2.98. The first-order valence-corrected chi connectivity index (χ1v) is 6.85. The van der Waals surface area contributed by atoms with E-state index in [0.717, 1.165) is 0 Å². The molecule has 1 amide bonds. The summed E-state index contributed by atoms with van der Waals surface area (Å²) in [7, 11) is 0. The maximum absolute atomic E-state index is 12.0. The Morgan fingerprint density at radius 3 is 2.60 bits per heavy atom. The highest BCUT2D eigenvalue weighted by atomic mass is 16.7. The summed E-state index contributed by atoms with van der Waals surface area (Å²) in [6, 6.07) is 4.82. The molecule has 1 aliphatic rings. The minimum absolute atomic E-state index is 0.183. The lowest BCUT2D eigenvalue weighted by atomic mass is 10.0. The Morgan fingerprint density at radius 2 is 1.95 bits per heavy atom. The van der Waals surface area contributed by atoms with Crippen LogP contribution in [0.4, 0.5) is 5.69 Å². The average molecular weight is 278 g/mol. The van der Waals surface area contributed by atoms with Crippen LogP contribution in [0.25, 0.3) is 0 Å². The number of hydrogen-bond acceptors (Lipinski definition) is 4. The number of ether oxygens (including phenoxy) is 2. The van der Waals surface area contributed by atoms with E-state index in [1.807, 2.05) is 27.7 Å². The minimum Gasteiger partial charge on any atom is -0.449 e. The van der Waals surface area contributed by atoms with E-state index < -0.39 is 11.8 Å². The summed E-state index contributed by atoms with van der Waals surface area (Å²) in [5, 5.41) is 2.80. The smallest absolute Gasteiger partial charge is 0.246 e. The largest absolute Gasteiger partial charge is 0.449 e. The predicted molar refractivity (Wildman–Crippen MR) is 77.8 cm³/mol. The van der Waals surface area contributed by atoms with Gasteiger partial charge in [-0.05, 0) is 24.5 Å². The van der Waals surface area contributed by atoms with Crippen molar-refractivity contribution in [3.63, 3.8) is 0 Å². The number of nitrogens with one attached hydrogen (secondary N) is 1. The van der Waals surface area contributed by atoms with E-state index in [9.17, 15) is 4.79 Å². The van der Waals surface area contributed by atoms with Crippen molar-refractivity contribution in [3.8, 4) is 11.5 Å². The highest BCUT2D eigenvalue weighted by Gasteiger charge is 2.31. The molecule has 1 aromatic carbocycles. The summed E-state index contributed by atoms with van der Waals surface area (Å²) in [5.74, 6) is 0.841. The van der Waals surface area contributed by atoms with Gasteiger partial charge in [0.25, 0.3) is 0 Å². The standard InChI is InChI=1S/C15H22N2O3/c1-9(2)7-11(16)14(18)17-10-5-6-12-13(8-10)20-15(3,4)19-12/h5-6,8-9,11H,7,16H2,1-4H3,(H,17,18)/t11-/m1/s1. The van der Waals surface area contributed by atoms with E-state index in [0.29, 0.717) is 29.5 Å². The fraction of sp³-hybridized carbons (Fsp3) is 0.533. The highest BCUT2D eigenvalue weighted by molar-refractivity contribution is 5.95. The van der Waals surface area contributed by atoms with Crippen molar-refractivity contribution in [2.75, 3.05) is 5.32 Å². The van der Waals surface area contributed by atoms with Gasteiger partial charge in [0.2, 0.25) is 11.7 Å². The molecular formula is C15H22N2O3. The van der Waals surface area contributed by atoms with Crippen LogP contribution in [0, 0.1) is 5.92 Å².